The number of amides is 1. The van der Waals surface area contributed by atoms with Gasteiger partial charge in [-0.15, -0.1) is 0 Å². The maximum Gasteiger partial charge on any atom is 0.273 e. The van der Waals surface area contributed by atoms with E-state index in [9.17, 15) is 9.18 Å². The highest BCUT2D eigenvalue weighted by atomic mass is 19.1. The molecule has 1 amide bonds. The third kappa shape index (κ3) is 3.30. The number of aryl methyl sites for hydroxylation is 2. The number of carbonyl (C=O) groups excluding carboxylic acids is 1. The number of pyridine rings is 1. The molecule has 0 aliphatic carbocycles. The summed E-state index contributed by atoms with van der Waals surface area (Å²) in [6, 6.07) is 13.5. The number of fused-ring (bicyclic) bond motifs is 1. The van der Waals surface area contributed by atoms with Crippen LogP contribution in [-0.4, -0.2) is 17.1 Å². The van der Waals surface area contributed by atoms with Crippen molar-refractivity contribution < 1.29 is 9.18 Å². The molecule has 0 unspecified atom stereocenters. The summed E-state index contributed by atoms with van der Waals surface area (Å²) in [7, 11) is 0. The molecule has 120 valence electrons. The number of aromatic nitrogens is 1. The van der Waals surface area contributed by atoms with Crippen molar-refractivity contribution in [2.24, 2.45) is 5.10 Å². The van der Waals surface area contributed by atoms with Gasteiger partial charge in [0.05, 0.1) is 23.0 Å². The lowest BCUT2D eigenvalue weighted by Gasteiger charge is -2.07. The smallest absolute Gasteiger partial charge is 0.267 e. The first kappa shape index (κ1) is 15.8. The van der Waals surface area contributed by atoms with Crippen molar-refractivity contribution in [2.75, 3.05) is 0 Å². The first-order valence-corrected chi connectivity index (χ1v) is 7.50. The van der Waals surface area contributed by atoms with E-state index < -0.39 is 0 Å². The number of hydrazone groups is 1. The molecule has 2 aromatic carbocycles. The van der Waals surface area contributed by atoms with Gasteiger partial charge in [0, 0.05) is 5.39 Å². The normalized spacial score (nSPS) is 11.1. The van der Waals surface area contributed by atoms with Gasteiger partial charge in [-0.25, -0.2) is 9.82 Å². The Morgan fingerprint density at radius 2 is 1.92 bits per heavy atom. The summed E-state index contributed by atoms with van der Waals surface area (Å²) in [5, 5.41) is 4.82. The predicted octanol–water partition coefficient (Wildman–Crippen LogP) is 3.75. The molecule has 0 spiro atoms. The van der Waals surface area contributed by atoms with Crippen molar-refractivity contribution in [1.82, 2.24) is 10.4 Å². The molecule has 3 rings (SSSR count). The van der Waals surface area contributed by atoms with Crippen LogP contribution in [0.15, 0.2) is 53.6 Å². The first-order valence-electron chi connectivity index (χ1n) is 7.50. The quantitative estimate of drug-likeness (QED) is 0.590. The monoisotopic (exact) mass is 321 g/mol. The number of nitrogens with zero attached hydrogens (tertiary/aromatic N) is 2. The van der Waals surface area contributed by atoms with Gasteiger partial charge in [-0.1, -0.05) is 30.3 Å². The van der Waals surface area contributed by atoms with Crippen LogP contribution in [0.5, 0.6) is 0 Å². The van der Waals surface area contributed by atoms with Gasteiger partial charge in [0.2, 0.25) is 0 Å². The van der Waals surface area contributed by atoms with E-state index in [1.165, 1.54) is 18.3 Å². The summed E-state index contributed by atoms with van der Waals surface area (Å²) in [6.45, 7) is 3.78. The lowest BCUT2D eigenvalue weighted by atomic mass is 10.1. The molecular formula is C19H16FN3O. The van der Waals surface area contributed by atoms with Crippen molar-refractivity contribution in [2.45, 2.75) is 13.8 Å². The SMILES string of the molecule is Cc1nc2c(C)cccc2cc1C(=O)N/N=C\c1ccc(F)cc1. The number of para-hydroxylation sites is 1. The van der Waals surface area contributed by atoms with Crippen LogP contribution in [0.1, 0.15) is 27.2 Å². The first-order chi connectivity index (χ1) is 11.5. The van der Waals surface area contributed by atoms with E-state index in [2.05, 4.69) is 15.5 Å². The molecule has 4 nitrogen and oxygen atoms in total. The van der Waals surface area contributed by atoms with E-state index in [4.69, 9.17) is 0 Å². The van der Waals surface area contributed by atoms with Gasteiger partial charge in [-0.2, -0.15) is 5.10 Å². The number of hydrogen-bond acceptors (Lipinski definition) is 3. The van der Waals surface area contributed by atoms with Gasteiger partial charge in [0.15, 0.2) is 0 Å². The molecule has 0 bridgehead atoms. The molecule has 3 aromatic rings. The highest BCUT2D eigenvalue weighted by Gasteiger charge is 2.11. The van der Waals surface area contributed by atoms with Crippen LogP contribution in [-0.2, 0) is 0 Å². The number of benzene rings is 2. The van der Waals surface area contributed by atoms with E-state index in [1.54, 1.807) is 19.1 Å². The molecule has 5 heteroatoms. The van der Waals surface area contributed by atoms with Gasteiger partial charge in [0.25, 0.3) is 5.91 Å². The highest BCUT2D eigenvalue weighted by molar-refractivity contribution is 5.99. The summed E-state index contributed by atoms with van der Waals surface area (Å²) in [5.41, 5.74) is 6.25. The summed E-state index contributed by atoms with van der Waals surface area (Å²) < 4.78 is 12.8. The summed E-state index contributed by atoms with van der Waals surface area (Å²) in [5.74, 6) is -0.647. The van der Waals surface area contributed by atoms with Crippen LogP contribution in [0.3, 0.4) is 0 Å². The number of rotatable bonds is 3. The van der Waals surface area contributed by atoms with Crippen molar-refractivity contribution in [3.05, 3.63) is 76.7 Å². The summed E-state index contributed by atoms with van der Waals surface area (Å²) in [4.78, 5) is 16.8. The molecule has 0 fully saturated rings. The van der Waals surface area contributed by atoms with Crippen LogP contribution in [0.4, 0.5) is 4.39 Å². The fourth-order valence-electron chi connectivity index (χ4n) is 2.44. The molecule has 0 saturated carbocycles. The molecule has 0 aliphatic rings. The zero-order valence-electron chi connectivity index (χ0n) is 13.4. The minimum absolute atomic E-state index is 0.315. The Kier molecular flexibility index (Phi) is 4.33. The van der Waals surface area contributed by atoms with Gasteiger partial charge >= 0.3 is 0 Å². The Morgan fingerprint density at radius 1 is 1.17 bits per heavy atom. The van der Waals surface area contributed by atoms with Crippen molar-refractivity contribution in [1.29, 1.82) is 0 Å². The maximum atomic E-state index is 12.8. The van der Waals surface area contributed by atoms with Crippen LogP contribution >= 0.6 is 0 Å². The molecule has 24 heavy (non-hydrogen) atoms. The zero-order chi connectivity index (χ0) is 17.1. The molecule has 1 N–H and O–H groups in total. The topological polar surface area (TPSA) is 54.4 Å². The van der Waals surface area contributed by atoms with E-state index in [-0.39, 0.29) is 11.7 Å². The molecule has 0 atom stereocenters. The lowest BCUT2D eigenvalue weighted by molar-refractivity contribution is 0.0954. The third-order valence-corrected chi connectivity index (χ3v) is 3.73. The third-order valence-electron chi connectivity index (χ3n) is 3.73. The minimum atomic E-state index is -0.332. The number of hydrogen-bond donors (Lipinski definition) is 1. The predicted molar refractivity (Wildman–Crippen MR) is 92.7 cm³/mol. The van der Waals surface area contributed by atoms with Gasteiger partial charge in [-0.3, -0.25) is 9.78 Å². The van der Waals surface area contributed by atoms with Crippen LogP contribution in [0.25, 0.3) is 10.9 Å². The second-order valence-electron chi connectivity index (χ2n) is 5.52. The van der Waals surface area contributed by atoms with Crippen molar-refractivity contribution >= 4 is 23.0 Å². The zero-order valence-corrected chi connectivity index (χ0v) is 13.4. The average Bonchev–Trinajstić information content (AvgIpc) is 2.57. The Balaban J connectivity index is 1.81. The van der Waals surface area contributed by atoms with Crippen LogP contribution in [0.2, 0.25) is 0 Å². The number of halogens is 1. The van der Waals surface area contributed by atoms with Gasteiger partial charge in [-0.05, 0) is 43.2 Å². The fourth-order valence-corrected chi connectivity index (χ4v) is 2.44. The van der Waals surface area contributed by atoms with Crippen molar-refractivity contribution in [3.63, 3.8) is 0 Å². The van der Waals surface area contributed by atoms with E-state index in [0.29, 0.717) is 16.8 Å². The average molecular weight is 321 g/mol. The highest BCUT2D eigenvalue weighted by Crippen LogP contribution is 2.19. The van der Waals surface area contributed by atoms with E-state index in [0.717, 1.165) is 16.5 Å². The minimum Gasteiger partial charge on any atom is -0.267 e. The summed E-state index contributed by atoms with van der Waals surface area (Å²) in [6.07, 6.45) is 1.46. The standard InChI is InChI=1S/C19H16FN3O/c1-12-4-3-5-15-10-17(13(2)22-18(12)15)19(24)23-21-11-14-6-8-16(20)9-7-14/h3-11H,1-2H3,(H,23,24)/b21-11-. The van der Waals surface area contributed by atoms with E-state index >= 15 is 0 Å². The molecule has 0 radical (unpaired) electrons. The molecular weight excluding hydrogens is 305 g/mol. The molecule has 0 saturated heterocycles. The number of carbonyl (C=O) groups is 1. The molecule has 1 aromatic heterocycles. The van der Waals surface area contributed by atoms with Crippen LogP contribution in [0, 0.1) is 19.7 Å². The maximum absolute atomic E-state index is 12.8. The second kappa shape index (κ2) is 6.58. The van der Waals surface area contributed by atoms with Gasteiger partial charge < -0.3 is 0 Å². The van der Waals surface area contributed by atoms with Gasteiger partial charge in [0.1, 0.15) is 5.82 Å². The Labute approximate surface area is 139 Å². The van der Waals surface area contributed by atoms with Crippen LogP contribution < -0.4 is 5.43 Å². The largest absolute Gasteiger partial charge is 0.273 e. The number of nitrogens with one attached hydrogen (secondary N) is 1. The summed E-state index contributed by atoms with van der Waals surface area (Å²) >= 11 is 0. The van der Waals surface area contributed by atoms with E-state index in [1.807, 2.05) is 31.2 Å². The Bertz CT molecular complexity index is 933. The molecule has 0 aliphatic heterocycles. The second-order valence-corrected chi connectivity index (χ2v) is 5.52. The Hall–Kier alpha value is -3.08. The van der Waals surface area contributed by atoms with Crippen molar-refractivity contribution in [3.8, 4) is 0 Å². The Morgan fingerprint density at radius 3 is 2.67 bits per heavy atom. The fraction of sp³-hybridized carbons (Fsp3) is 0.105. The molecule has 1 heterocycles. The lowest BCUT2D eigenvalue weighted by Crippen LogP contribution is -2.19.